The normalized spacial score (nSPS) is 10.7. The lowest BCUT2D eigenvalue weighted by Crippen LogP contribution is -2.09. The summed E-state index contributed by atoms with van der Waals surface area (Å²) in [4.78, 5) is 22.6. The quantitative estimate of drug-likeness (QED) is 0.775. The van der Waals surface area contributed by atoms with E-state index >= 15 is 0 Å². The molecule has 0 saturated heterocycles. The van der Waals surface area contributed by atoms with Crippen LogP contribution >= 0.6 is 0 Å². The number of hydrogen-bond acceptors (Lipinski definition) is 3. The molecule has 1 aromatic carbocycles. The fraction of sp³-hybridized carbons (Fsp3) is 0.500. The van der Waals surface area contributed by atoms with Crippen LogP contribution in [0.1, 0.15) is 54.6 Å². The van der Waals surface area contributed by atoms with Crippen molar-refractivity contribution >= 4 is 11.8 Å². The van der Waals surface area contributed by atoms with Crippen LogP contribution in [0.5, 0.6) is 5.75 Å². The van der Waals surface area contributed by atoms with Crippen LogP contribution in [0.2, 0.25) is 0 Å². The van der Waals surface area contributed by atoms with Gasteiger partial charge < -0.3 is 9.84 Å². The van der Waals surface area contributed by atoms with Crippen molar-refractivity contribution in [3.05, 3.63) is 28.8 Å². The summed E-state index contributed by atoms with van der Waals surface area (Å²) in [6.45, 7) is 7.74. The molecular weight excluding hydrogens is 256 g/mol. The smallest absolute Gasteiger partial charge is 0.303 e. The maximum absolute atomic E-state index is 12.1. The van der Waals surface area contributed by atoms with Crippen molar-refractivity contribution in [2.24, 2.45) is 0 Å². The van der Waals surface area contributed by atoms with E-state index in [1.54, 1.807) is 6.07 Å². The minimum Gasteiger partial charge on any atom is -0.491 e. The average molecular weight is 278 g/mol. The lowest BCUT2D eigenvalue weighted by Gasteiger charge is -2.16. The average Bonchev–Trinajstić information content (AvgIpc) is 2.34. The Morgan fingerprint density at radius 1 is 1.15 bits per heavy atom. The third-order valence-electron chi connectivity index (χ3n) is 3.20. The van der Waals surface area contributed by atoms with Crippen molar-refractivity contribution in [2.45, 2.75) is 53.1 Å². The van der Waals surface area contributed by atoms with E-state index in [9.17, 15) is 9.59 Å². The number of hydrogen-bond donors (Lipinski definition) is 1. The summed E-state index contributed by atoms with van der Waals surface area (Å²) < 4.78 is 5.68. The highest BCUT2D eigenvalue weighted by atomic mass is 16.5. The minimum atomic E-state index is -0.869. The highest BCUT2D eigenvalue weighted by Gasteiger charge is 2.14. The van der Waals surface area contributed by atoms with Crippen LogP contribution < -0.4 is 4.74 Å². The van der Waals surface area contributed by atoms with Crippen LogP contribution in [0.15, 0.2) is 12.1 Å². The van der Waals surface area contributed by atoms with E-state index in [2.05, 4.69) is 0 Å². The fourth-order valence-electron chi connectivity index (χ4n) is 2.01. The molecule has 0 bridgehead atoms. The Kier molecular flexibility index (Phi) is 5.74. The number of ether oxygens (including phenoxy) is 1. The molecule has 0 aliphatic rings. The van der Waals surface area contributed by atoms with E-state index in [-0.39, 0.29) is 24.7 Å². The monoisotopic (exact) mass is 278 g/mol. The van der Waals surface area contributed by atoms with Gasteiger partial charge in [-0.2, -0.15) is 0 Å². The third-order valence-corrected chi connectivity index (χ3v) is 3.20. The number of Topliss-reactive ketones (excluding diaryl/α,β-unsaturated/α-hetero) is 1. The molecule has 4 nitrogen and oxygen atoms in total. The SMILES string of the molecule is Cc1c(OC(C)C)ccc(C(=O)CCCC(=O)O)c1C. The highest BCUT2D eigenvalue weighted by molar-refractivity contribution is 5.98. The first-order chi connectivity index (χ1) is 9.32. The van der Waals surface area contributed by atoms with Crippen LogP contribution in [-0.2, 0) is 4.79 Å². The molecule has 1 N–H and O–H groups in total. The third kappa shape index (κ3) is 4.37. The van der Waals surface area contributed by atoms with Gasteiger partial charge in [-0.3, -0.25) is 9.59 Å². The maximum Gasteiger partial charge on any atom is 0.303 e. The molecule has 0 radical (unpaired) electrons. The molecule has 0 spiro atoms. The number of carbonyl (C=O) groups excluding carboxylic acids is 1. The van der Waals surface area contributed by atoms with Crippen LogP contribution in [0.3, 0.4) is 0 Å². The Morgan fingerprint density at radius 2 is 1.80 bits per heavy atom. The largest absolute Gasteiger partial charge is 0.491 e. The number of carbonyl (C=O) groups is 2. The number of carboxylic acids is 1. The van der Waals surface area contributed by atoms with Gasteiger partial charge in [-0.1, -0.05) is 0 Å². The van der Waals surface area contributed by atoms with Crippen molar-refractivity contribution in [1.29, 1.82) is 0 Å². The zero-order valence-electron chi connectivity index (χ0n) is 12.5. The van der Waals surface area contributed by atoms with E-state index in [0.717, 1.165) is 16.9 Å². The summed E-state index contributed by atoms with van der Waals surface area (Å²) in [5, 5.41) is 8.59. The maximum atomic E-state index is 12.1. The molecule has 0 unspecified atom stereocenters. The van der Waals surface area contributed by atoms with Crippen molar-refractivity contribution in [3.63, 3.8) is 0 Å². The first-order valence-electron chi connectivity index (χ1n) is 6.84. The molecule has 1 aromatic rings. The molecule has 0 heterocycles. The molecule has 0 fully saturated rings. The van der Waals surface area contributed by atoms with E-state index in [1.165, 1.54) is 0 Å². The van der Waals surface area contributed by atoms with E-state index in [1.807, 2.05) is 33.8 Å². The number of carboxylic acid groups (broad SMARTS) is 1. The Bertz CT molecular complexity index is 503. The van der Waals surface area contributed by atoms with E-state index in [4.69, 9.17) is 9.84 Å². The van der Waals surface area contributed by atoms with Crippen LogP contribution in [0.25, 0.3) is 0 Å². The Morgan fingerprint density at radius 3 is 2.35 bits per heavy atom. The highest BCUT2D eigenvalue weighted by Crippen LogP contribution is 2.26. The molecule has 0 atom stereocenters. The van der Waals surface area contributed by atoms with Gasteiger partial charge in [0.1, 0.15) is 5.75 Å². The van der Waals surface area contributed by atoms with Gasteiger partial charge >= 0.3 is 5.97 Å². The minimum absolute atomic E-state index is 0.0112. The van der Waals surface area contributed by atoms with Crippen LogP contribution in [0.4, 0.5) is 0 Å². The van der Waals surface area contributed by atoms with Gasteiger partial charge in [-0.15, -0.1) is 0 Å². The van der Waals surface area contributed by atoms with Gasteiger partial charge in [-0.05, 0) is 57.4 Å². The molecule has 4 heteroatoms. The Hall–Kier alpha value is -1.84. The number of ketones is 1. The van der Waals surface area contributed by atoms with Crippen LogP contribution in [0, 0.1) is 13.8 Å². The molecule has 0 saturated carbocycles. The van der Waals surface area contributed by atoms with E-state index in [0.29, 0.717) is 12.0 Å². The van der Waals surface area contributed by atoms with Gasteiger partial charge in [0.25, 0.3) is 0 Å². The number of aliphatic carboxylic acids is 1. The summed E-state index contributed by atoms with van der Waals surface area (Å²) in [5.41, 5.74) is 2.52. The standard InChI is InChI=1S/C16H22O4/c1-10(2)20-15-9-8-13(11(3)12(15)4)14(17)6-5-7-16(18)19/h8-10H,5-7H2,1-4H3,(H,18,19). The Balaban J connectivity index is 2.83. The lowest BCUT2D eigenvalue weighted by molar-refractivity contribution is -0.137. The van der Waals surface area contributed by atoms with Crippen LogP contribution in [-0.4, -0.2) is 23.0 Å². The second kappa shape index (κ2) is 7.08. The van der Waals surface area contributed by atoms with Crippen molar-refractivity contribution in [3.8, 4) is 5.75 Å². The molecule has 20 heavy (non-hydrogen) atoms. The van der Waals surface area contributed by atoms with Gasteiger partial charge in [0.2, 0.25) is 0 Å². The zero-order valence-corrected chi connectivity index (χ0v) is 12.5. The first kappa shape index (κ1) is 16.2. The summed E-state index contributed by atoms with van der Waals surface area (Å²) in [6.07, 6.45) is 0.747. The van der Waals surface area contributed by atoms with Crippen molar-refractivity contribution in [2.75, 3.05) is 0 Å². The number of benzene rings is 1. The molecular formula is C16H22O4. The molecule has 0 aliphatic heterocycles. The van der Waals surface area contributed by atoms with Gasteiger partial charge in [0, 0.05) is 18.4 Å². The number of rotatable bonds is 7. The molecule has 0 amide bonds. The summed E-state index contributed by atoms with van der Waals surface area (Å²) in [6, 6.07) is 3.58. The zero-order chi connectivity index (χ0) is 15.3. The van der Waals surface area contributed by atoms with Gasteiger partial charge in [0.05, 0.1) is 6.10 Å². The topological polar surface area (TPSA) is 63.6 Å². The second-order valence-electron chi connectivity index (χ2n) is 5.20. The predicted molar refractivity (Wildman–Crippen MR) is 77.5 cm³/mol. The fourth-order valence-corrected chi connectivity index (χ4v) is 2.01. The van der Waals surface area contributed by atoms with Crippen molar-refractivity contribution < 1.29 is 19.4 Å². The molecule has 110 valence electrons. The summed E-state index contributed by atoms with van der Waals surface area (Å²) in [7, 11) is 0. The molecule has 0 aliphatic carbocycles. The summed E-state index contributed by atoms with van der Waals surface area (Å²) >= 11 is 0. The Labute approximate surface area is 119 Å². The first-order valence-corrected chi connectivity index (χ1v) is 6.84. The predicted octanol–water partition coefficient (Wildman–Crippen LogP) is 3.53. The van der Waals surface area contributed by atoms with Gasteiger partial charge in [0.15, 0.2) is 5.78 Å². The lowest BCUT2D eigenvalue weighted by atomic mass is 9.96. The molecule has 0 aromatic heterocycles. The molecule has 1 rings (SSSR count). The summed E-state index contributed by atoms with van der Waals surface area (Å²) in [5.74, 6) is -0.0890. The van der Waals surface area contributed by atoms with Gasteiger partial charge in [-0.25, -0.2) is 0 Å². The second-order valence-corrected chi connectivity index (χ2v) is 5.20. The van der Waals surface area contributed by atoms with E-state index < -0.39 is 5.97 Å². The van der Waals surface area contributed by atoms with Crippen molar-refractivity contribution in [1.82, 2.24) is 0 Å².